The number of β-amino-alcohol motifs (C(OH)–C–C–N with tert-alkyl or cyclic N) is 1. The number of amides is 2. The summed E-state index contributed by atoms with van der Waals surface area (Å²) in [6.45, 7) is 1.25. The Morgan fingerprint density at radius 1 is 1.38 bits per heavy atom. The fraction of sp³-hybridized carbons (Fsp3) is 0.438. The van der Waals surface area contributed by atoms with Crippen LogP contribution in [0.3, 0.4) is 0 Å². The second-order valence-corrected chi connectivity index (χ2v) is 6.07. The Hall–Kier alpha value is -3.01. The molecule has 0 aliphatic carbocycles. The maximum absolute atomic E-state index is 12.4. The summed E-state index contributed by atoms with van der Waals surface area (Å²) in [5.41, 5.74) is -0.0743. The number of aliphatic hydroxyl groups excluding tert-OH is 1. The lowest BCUT2D eigenvalue weighted by molar-refractivity contribution is -0.385. The summed E-state index contributed by atoms with van der Waals surface area (Å²) in [7, 11) is 0. The van der Waals surface area contributed by atoms with Gasteiger partial charge in [0.1, 0.15) is 12.1 Å². The third kappa shape index (κ3) is 4.33. The predicted octanol–water partition coefficient (Wildman–Crippen LogP) is -0.312. The van der Waals surface area contributed by atoms with Gasteiger partial charge in [-0.05, 0) is 0 Å². The summed E-state index contributed by atoms with van der Waals surface area (Å²) >= 11 is 0. The normalized spacial score (nSPS) is 20.5. The number of aliphatic hydroxyl groups is 1. The number of para-hydroxylation sites is 1. The maximum atomic E-state index is 12.4. The molecule has 1 fully saturated rings. The van der Waals surface area contributed by atoms with Gasteiger partial charge in [0.15, 0.2) is 0 Å². The number of nitro benzene ring substituents is 1. The van der Waals surface area contributed by atoms with E-state index in [-0.39, 0.29) is 30.6 Å². The van der Waals surface area contributed by atoms with Gasteiger partial charge in [-0.15, -0.1) is 0 Å². The highest BCUT2D eigenvalue weighted by Gasteiger charge is 2.39. The van der Waals surface area contributed by atoms with E-state index in [2.05, 4.69) is 5.32 Å². The van der Waals surface area contributed by atoms with Crippen molar-refractivity contribution in [2.24, 2.45) is 0 Å². The molecule has 26 heavy (non-hydrogen) atoms. The zero-order chi connectivity index (χ0) is 19.4. The number of carboxylic acid groups (broad SMARTS) is 1. The number of carbonyl (C=O) groups excluding carboxylic acids is 2. The largest absolute Gasteiger partial charge is 0.480 e. The lowest BCUT2D eigenvalue weighted by atomic mass is 10.0. The van der Waals surface area contributed by atoms with Crippen molar-refractivity contribution in [1.82, 2.24) is 10.2 Å². The summed E-state index contributed by atoms with van der Waals surface area (Å²) in [6, 6.07) is 3.28. The lowest BCUT2D eigenvalue weighted by Crippen LogP contribution is -2.51. The minimum atomic E-state index is -1.41. The molecule has 0 aromatic heterocycles. The lowest BCUT2D eigenvalue weighted by Gasteiger charge is -2.24. The van der Waals surface area contributed by atoms with Crippen LogP contribution in [-0.2, 0) is 20.8 Å². The van der Waals surface area contributed by atoms with E-state index in [0.717, 1.165) is 0 Å². The van der Waals surface area contributed by atoms with Gasteiger partial charge >= 0.3 is 5.97 Å². The molecule has 1 aromatic rings. The van der Waals surface area contributed by atoms with Crippen molar-refractivity contribution >= 4 is 23.5 Å². The SMILES string of the molecule is CC(=O)N1C[C@H](O)C[C@H]1C(=O)N[C@@H](Cc1ccccc1[N+](=O)[O-])C(=O)O. The highest BCUT2D eigenvalue weighted by Crippen LogP contribution is 2.21. The number of carboxylic acids is 1. The van der Waals surface area contributed by atoms with Gasteiger partial charge in [0.2, 0.25) is 11.8 Å². The number of hydrogen-bond acceptors (Lipinski definition) is 6. The molecule has 1 aromatic carbocycles. The van der Waals surface area contributed by atoms with Gasteiger partial charge in [0.25, 0.3) is 5.69 Å². The summed E-state index contributed by atoms with van der Waals surface area (Å²) in [6.07, 6.45) is -1.15. The first kappa shape index (κ1) is 19.3. The molecule has 2 amide bonds. The van der Waals surface area contributed by atoms with Crippen LogP contribution in [0.4, 0.5) is 5.69 Å². The number of hydrogen-bond donors (Lipinski definition) is 3. The van der Waals surface area contributed by atoms with E-state index in [1.165, 1.54) is 36.1 Å². The maximum Gasteiger partial charge on any atom is 0.326 e. The standard InChI is InChI=1S/C16H19N3O7/c1-9(20)18-8-11(21)7-14(18)15(22)17-12(16(23)24)6-10-4-2-3-5-13(10)19(25)26/h2-5,11-12,14,21H,6-8H2,1H3,(H,17,22)(H,23,24)/t11-,12+,14+/m1/s1. The zero-order valence-electron chi connectivity index (χ0n) is 14.0. The van der Waals surface area contributed by atoms with E-state index >= 15 is 0 Å². The van der Waals surface area contributed by atoms with Crippen molar-refractivity contribution in [3.05, 3.63) is 39.9 Å². The van der Waals surface area contributed by atoms with E-state index in [1.54, 1.807) is 0 Å². The molecule has 3 N–H and O–H groups in total. The second kappa shape index (κ2) is 7.91. The van der Waals surface area contributed by atoms with Gasteiger partial charge in [0.05, 0.1) is 11.0 Å². The zero-order valence-corrected chi connectivity index (χ0v) is 14.0. The third-order valence-electron chi connectivity index (χ3n) is 4.21. The minimum Gasteiger partial charge on any atom is -0.480 e. The minimum absolute atomic E-state index is 0.00321. The number of likely N-dealkylation sites (tertiary alicyclic amines) is 1. The number of rotatable bonds is 6. The van der Waals surface area contributed by atoms with Crippen LogP contribution in [0.2, 0.25) is 0 Å². The molecule has 0 bridgehead atoms. The van der Waals surface area contributed by atoms with Crippen LogP contribution >= 0.6 is 0 Å². The first-order valence-corrected chi connectivity index (χ1v) is 7.91. The van der Waals surface area contributed by atoms with Crippen molar-refractivity contribution in [3.8, 4) is 0 Å². The predicted molar refractivity (Wildman–Crippen MR) is 88.2 cm³/mol. The fourth-order valence-corrected chi connectivity index (χ4v) is 2.96. The van der Waals surface area contributed by atoms with Crippen molar-refractivity contribution in [3.63, 3.8) is 0 Å². The van der Waals surface area contributed by atoms with Crippen LogP contribution in [0.1, 0.15) is 18.9 Å². The molecule has 0 radical (unpaired) electrons. The number of nitro groups is 1. The Bertz CT molecular complexity index is 736. The molecular formula is C16H19N3O7. The summed E-state index contributed by atoms with van der Waals surface area (Å²) in [4.78, 5) is 47.1. The second-order valence-electron chi connectivity index (χ2n) is 6.07. The van der Waals surface area contributed by atoms with Gasteiger partial charge in [-0.3, -0.25) is 19.7 Å². The molecule has 1 heterocycles. The average molecular weight is 365 g/mol. The quantitative estimate of drug-likeness (QED) is 0.462. The first-order chi connectivity index (χ1) is 12.2. The van der Waals surface area contributed by atoms with Crippen LogP contribution in [0.5, 0.6) is 0 Å². The van der Waals surface area contributed by atoms with Crippen molar-refractivity contribution < 1.29 is 29.5 Å². The van der Waals surface area contributed by atoms with Gasteiger partial charge in [-0.2, -0.15) is 0 Å². The number of benzene rings is 1. The molecular weight excluding hydrogens is 346 g/mol. The topological polar surface area (TPSA) is 150 Å². The van der Waals surface area contributed by atoms with Crippen LogP contribution in [-0.4, -0.2) is 62.6 Å². The number of aliphatic carboxylic acids is 1. The molecule has 1 saturated heterocycles. The van der Waals surface area contributed by atoms with Gasteiger partial charge in [-0.1, -0.05) is 18.2 Å². The summed E-state index contributed by atoms with van der Waals surface area (Å²) in [5.74, 6) is -2.49. The highest BCUT2D eigenvalue weighted by molar-refractivity contribution is 5.90. The molecule has 0 spiro atoms. The Balaban J connectivity index is 2.16. The van der Waals surface area contributed by atoms with E-state index in [0.29, 0.717) is 0 Å². The van der Waals surface area contributed by atoms with E-state index < -0.39 is 40.9 Å². The molecule has 10 nitrogen and oxygen atoms in total. The van der Waals surface area contributed by atoms with E-state index in [9.17, 15) is 34.7 Å². The van der Waals surface area contributed by atoms with Gasteiger partial charge in [-0.25, -0.2) is 4.79 Å². The van der Waals surface area contributed by atoms with Crippen molar-refractivity contribution in [2.75, 3.05) is 6.54 Å². The molecule has 1 aliphatic rings. The van der Waals surface area contributed by atoms with Crippen molar-refractivity contribution in [1.29, 1.82) is 0 Å². The third-order valence-corrected chi connectivity index (χ3v) is 4.21. The molecule has 2 rings (SSSR count). The van der Waals surface area contributed by atoms with Gasteiger partial charge in [0, 0.05) is 37.9 Å². The van der Waals surface area contributed by atoms with Crippen molar-refractivity contribution in [2.45, 2.75) is 38.0 Å². The Morgan fingerprint density at radius 2 is 2.04 bits per heavy atom. The molecule has 1 aliphatic heterocycles. The number of carbonyl (C=O) groups is 3. The van der Waals surface area contributed by atoms with E-state index in [4.69, 9.17) is 0 Å². The van der Waals surface area contributed by atoms with Gasteiger partial charge < -0.3 is 20.4 Å². The molecule has 0 unspecified atom stereocenters. The Labute approximate surface area is 148 Å². The number of nitrogens with zero attached hydrogens (tertiary/aromatic N) is 2. The van der Waals surface area contributed by atoms with Crippen LogP contribution in [0.25, 0.3) is 0 Å². The summed E-state index contributed by atoms with van der Waals surface area (Å²) in [5, 5.41) is 32.4. The van der Waals surface area contributed by atoms with E-state index in [1.807, 2.05) is 0 Å². The smallest absolute Gasteiger partial charge is 0.326 e. The Morgan fingerprint density at radius 3 is 2.62 bits per heavy atom. The van der Waals surface area contributed by atoms with Crippen LogP contribution in [0.15, 0.2) is 24.3 Å². The molecule has 0 saturated carbocycles. The molecule has 3 atom stereocenters. The van der Waals surface area contributed by atoms with Crippen LogP contribution in [0, 0.1) is 10.1 Å². The Kier molecular flexibility index (Phi) is 5.88. The molecule has 10 heteroatoms. The average Bonchev–Trinajstić information content (AvgIpc) is 2.96. The summed E-state index contributed by atoms with van der Waals surface area (Å²) < 4.78 is 0. The number of nitrogens with one attached hydrogen (secondary N) is 1. The monoisotopic (exact) mass is 365 g/mol. The first-order valence-electron chi connectivity index (χ1n) is 7.91. The van der Waals surface area contributed by atoms with Crippen LogP contribution < -0.4 is 5.32 Å². The highest BCUT2D eigenvalue weighted by atomic mass is 16.6. The molecule has 140 valence electrons. The fourth-order valence-electron chi connectivity index (χ4n) is 2.96.